The first-order valence-corrected chi connectivity index (χ1v) is 4.88. The van der Waals surface area contributed by atoms with Gasteiger partial charge in [-0.25, -0.2) is 0 Å². The molecule has 0 aromatic heterocycles. The van der Waals surface area contributed by atoms with Crippen molar-refractivity contribution in [3.63, 3.8) is 0 Å². The van der Waals surface area contributed by atoms with Gasteiger partial charge in [0.15, 0.2) is 0 Å². The first kappa shape index (κ1) is 13.6. The normalized spacial score (nSPS) is 12.5. The first-order valence-electron chi connectivity index (χ1n) is 4.88. The minimum atomic E-state index is -1.64. The number of carbonyl (C=O) groups is 3. The molecule has 0 N–H and O–H groups in total. The molecule has 1 unspecified atom stereocenters. The lowest BCUT2D eigenvalue weighted by Gasteiger charge is -2.21. The van der Waals surface area contributed by atoms with Gasteiger partial charge >= 0.3 is 0 Å². The number of hydrogen-bond acceptors (Lipinski definition) is 5. The lowest BCUT2D eigenvalue weighted by atomic mass is 9.87. The van der Waals surface area contributed by atoms with Crippen LogP contribution in [0.5, 0.6) is 0 Å². The van der Waals surface area contributed by atoms with Crippen LogP contribution >= 0.6 is 0 Å². The molecule has 0 aromatic carbocycles. The minimum absolute atomic E-state index is 0.424. The van der Waals surface area contributed by atoms with Crippen LogP contribution in [0, 0.1) is 11.8 Å². The van der Waals surface area contributed by atoms with E-state index in [2.05, 4.69) is 0 Å². The van der Waals surface area contributed by atoms with Gasteiger partial charge in [0.1, 0.15) is 5.78 Å². The Bertz CT molecular complexity index is 255. The number of carboxylic acid groups (broad SMARTS) is 2. The molecule has 15 heavy (non-hydrogen) atoms. The Morgan fingerprint density at radius 1 is 1.07 bits per heavy atom. The molecule has 0 fully saturated rings. The van der Waals surface area contributed by atoms with Gasteiger partial charge in [0.25, 0.3) is 0 Å². The second kappa shape index (κ2) is 6.16. The number of rotatable bonds is 7. The Morgan fingerprint density at radius 3 is 1.80 bits per heavy atom. The summed E-state index contributed by atoms with van der Waals surface area (Å²) in [4.78, 5) is 32.4. The predicted molar refractivity (Wildman–Crippen MR) is 47.2 cm³/mol. The van der Waals surface area contributed by atoms with Gasteiger partial charge in [-0.3, -0.25) is 4.79 Å². The molecule has 0 bridgehead atoms. The lowest BCUT2D eigenvalue weighted by molar-refractivity contribution is -0.319. The molecule has 5 nitrogen and oxygen atoms in total. The Morgan fingerprint density at radius 2 is 1.53 bits per heavy atom. The fraction of sp³-hybridized carbons (Fsp3) is 0.700. The van der Waals surface area contributed by atoms with E-state index in [1.807, 2.05) is 0 Å². The third kappa shape index (κ3) is 4.10. The second-order valence-corrected chi connectivity index (χ2v) is 3.36. The summed E-state index contributed by atoms with van der Waals surface area (Å²) < 4.78 is 0. The maximum atomic E-state index is 11.6. The van der Waals surface area contributed by atoms with E-state index >= 15 is 0 Å². The molecule has 0 aliphatic heterocycles. The van der Waals surface area contributed by atoms with Crippen molar-refractivity contribution in [2.45, 2.75) is 33.1 Å². The van der Waals surface area contributed by atoms with Crippen molar-refractivity contribution in [3.05, 3.63) is 0 Å². The summed E-state index contributed by atoms with van der Waals surface area (Å²) in [5.41, 5.74) is 0. The van der Waals surface area contributed by atoms with E-state index in [1.54, 1.807) is 13.8 Å². The molecule has 0 radical (unpaired) electrons. The van der Waals surface area contributed by atoms with Crippen LogP contribution in [0.4, 0.5) is 0 Å². The smallest absolute Gasteiger partial charge is 0.144 e. The van der Waals surface area contributed by atoms with E-state index in [0.29, 0.717) is 12.8 Å². The van der Waals surface area contributed by atoms with Gasteiger partial charge in [-0.2, -0.15) is 0 Å². The quantitative estimate of drug-likeness (QED) is 0.480. The molecule has 0 saturated heterocycles. The summed E-state index contributed by atoms with van der Waals surface area (Å²) in [6, 6.07) is 0. The van der Waals surface area contributed by atoms with Crippen molar-refractivity contribution in [2.24, 2.45) is 11.8 Å². The third-order valence-corrected chi connectivity index (χ3v) is 2.39. The number of ketones is 1. The molecule has 0 aliphatic carbocycles. The van der Waals surface area contributed by atoms with E-state index in [1.165, 1.54) is 0 Å². The topological polar surface area (TPSA) is 97.3 Å². The van der Waals surface area contributed by atoms with Crippen molar-refractivity contribution >= 4 is 17.7 Å². The molecule has 0 amide bonds. The van der Waals surface area contributed by atoms with Gasteiger partial charge in [0, 0.05) is 18.3 Å². The molecule has 0 saturated carbocycles. The fourth-order valence-corrected chi connectivity index (χ4v) is 1.44. The summed E-state index contributed by atoms with van der Waals surface area (Å²) >= 11 is 0. The van der Waals surface area contributed by atoms with Crippen LogP contribution in [-0.4, -0.2) is 17.7 Å². The summed E-state index contributed by atoms with van der Waals surface area (Å²) in [5.74, 6) is -5.78. The zero-order chi connectivity index (χ0) is 12.0. The number of aliphatic carboxylic acids is 2. The highest BCUT2D eigenvalue weighted by Crippen LogP contribution is 2.17. The average Bonchev–Trinajstić information content (AvgIpc) is 2.15. The van der Waals surface area contributed by atoms with Gasteiger partial charge in [-0.1, -0.05) is 13.8 Å². The third-order valence-electron chi connectivity index (χ3n) is 2.39. The highest BCUT2D eigenvalue weighted by Gasteiger charge is 2.25. The summed E-state index contributed by atoms with van der Waals surface area (Å²) in [5, 5.41) is 20.9. The Labute approximate surface area is 88.1 Å². The molecular formula is C10H14O5-2. The molecule has 0 spiro atoms. The fourth-order valence-electron chi connectivity index (χ4n) is 1.44. The maximum absolute atomic E-state index is 11.6. The van der Waals surface area contributed by atoms with Crippen molar-refractivity contribution in [3.8, 4) is 0 Å². The van der Waals surface area contributed by atoms with Gasteiger partial charge < -0.3 is 19.8 Å². The van der Waals surface area contributed by atoms with Crippen molar-refractivity contribution in [1.82, 2.24) is 0 Å². The monoisotopic (exact) mass is 214 g/mol. The van der Waals surface area contributed by atoms with Crippen LogP contribution in [0.15, 0.2) is 0 Å². The standard InChI is InChI=1S/C10H16O5/c1-3-6(4-2)9(13)7(10(14)15)5-8(11)12/h6-7H,3-5H2,1-2H3,(H,11,12)(H,14,15)/p-2. The van der Waals surface area contributed by atoms with Crippen molar-refractivity contribution in [2.75, 3.05) is 0 Å². The largest absolute Gasteiger partial charge is 0.550 e. The Balaban J connectivity index is 4.68. The zero-order valence-corrected chi connectivity index (χ0v) is 8.82. The van der Waals surface area contributed by atoms with Crippen molar-refractivity contribution < 1.29 is 24.6 Å². The molecule has 0 aromatic rings. The number of hydrogen-bond donors (Lipinski definition) is 0. The van der Waals surface area contributed by atoms with E-state index in [-0.39, 0.29) is 0 Å². The van der Waals surface area contributed by atoms with Crippen LogP contribution in [-0.2, 0) is 14.4 Å². The lowest BCUT2D eigenvalue weighted by Crippen LogP contribution is -2.42. The van der Waals surface area contributed by atoms with Crippen molar-refractivity contribution in [1.29, 1.82) is 0 Å². The van der Waals surface area contributed by atoms with Gasteiger partial charge in [-0.05, 0) is 12.8 Å². The predicted octanol–water partition coefficient (Wildman–Crippen LogP) is -1.50. The van der Waals surface area contributed by atoms with Crippen LogP contribution in [0.2, 0.25) is 0 Å². The maximum Gasteiger partial charge on any atom is 0.144 e. The number of carbonyl (C=O) groups excluding carboxylic acids is 3. The Hall–Kier alpha value is -1.39. The van der Waals surface area contributed by atoms with Crippen LogP contribution in [0.3, 0.4) is 0 Å². The van der Waals surface area contributed by atoms with Crippen LogP contribution < -0.4 is 10.2 Å². The molecular weight excluding hydrogens is 200 g/mol. The average molecular weight is 214 g/mol. The summed E-state index contributed by atoms with van der Waals surface area (Å²) in [6.45, 7) is 3.49. The SMILES string of the molecule is CCC(CC)C(=O)C(CC(=O)[O-])C(=O)[O-]. The molecule has 86 valence electrons. The van der Waals surface area contributed by atoms with E-state index in [0.717, 1.165) is 0 Å². The first-order chi connectivity index (χ1) is 6.93. The molecule has 1 atom stereocenters. The highest BCUT2D eigenvalue weighted by molar-refractivity contribution is 6.00. The Kier molecular flexibility index (Phi) is 5.59. The summed E-state index contributed by atoms with van der Waals surface area (Å²) in [6.07, 6.45) is 0.177. The van der Waals surface area contributed by atoms with E-state index in [9.17, 15) is 24.6 Å². The molecule has 5 heteroatoms. The second-order valence-electron chi connectivity index (χ2n) is 3.36. The molecule has 0 rings (SSSR count). The van der Waals surface area contributed by atoms with E-state index in [4.69, 9.17) is 0 Å². The van der Waals surface area contributed by atoms with Gasteiger partial charge in [-0.15, -0.1) is 0 Å². The zero-order valence-electron chi connectivity index (χ0n) is 8.82. The van der Waals surface area contributed by atoms with Gasteiger partial charge in [0.2, 0.25) is 0 Å². The molecule has 0 heterocycles. The van der Waals surface area contributed by atoms with E-state index < -0.39 is 36.0 Å². The van der Waals surface area contributed by atoms with Crippen LogP contribution in [0.1, 0.15) is 33.1 Å². The highest BCUT2D eigenvalue weighted by atomic mass is 16.4. The number of Topliss-reactive ketones (excluding diaryl/α,β-unsaturated/α-hetero) is 1. The number of carboxylic acids is 2. The summed E-state index contributed by atoms with van der Waals surface area (Å²) in [7, 11) is 0. The van der Waals surface area contributed by atoms with Gasteiger partial charge in [0.05, 0.1) is 11.9 Å². The minimum Gasteiger partial charge on any atom is -0.550 e. The van der Waals surface area contributed by atoms with Crippen LogP contribution in [0.25, 0.3) is 0 Å². The molecule has 0 aliphatic rings.